The van der Waals surface area contributed by atoms with Gasteiger partial charge in [-0.3, -0.25) is 0 Å². The maximum absolute atomic E-state index is 6.00. The van der Waals surface area contributed by atoms with Crippen LogP contribution in [0.25, 0.3) is 11.3 Å². The molecule has 0 aliphatic rings. The van der Waals surface area contributed by atoms with Gasteiger partial charge < -0.3 is 5.73 Å². The lowest BCUT2D eigenvalue weighted by atomic mass is 10.00. The lowest BCUT2D eigenvalue weighted by molar-refractivity contribution is 0.647. The van der Waals surface area contributed by atoms with Gasteiger partial charge in [0, 0.05) is 5.56 Å². The molecule has 0 bridgehead atoms. The van der Waals surface area contributed by atoms with Crippen molar-refractivity contribution >= 4 is 5.82 Å². The van der Waals surface area contributed by atoms with Gasteiger partial charge in [-0.05, 0) is 37.8 Å². The summed E-state index contributed by atoms with van der Waals surface area (Å²) in [5.74, 6) is 1.14. The molecule has 19 heavy (non-hydrogen) atoms. The Morgan fingerprint density at radius 2 is 1.79 bits per heavy atom. The van der Waals surface area contributed by atoms with E-state index in [4.69, 9.17) is 5.73 Å². The zero-order chi connectivity index (χ0) is 14.0. The molecular formula is C16H21N3. The predicted molar refractivity (Wildman–Crippen MR) is 79.9 cm³/mol. The number of nitrogen functional groups attached to an aromatic ring is 1. The van der Waals surface area contributed by atoms with Gasteiger partial charge in [0.15, 0.2) is 0 Å². The predicted octanol–water partition coefficient (Wildman–Crippen LogP) is 3.54. The highest BCUT2D eigenvalue weighted by Gasteiger charge is 2.09. The number of benzene rings is 1. The Hall–Kier alpha value is -1.90. The van der Waals surface area contributed by atoms with E-state index in [2.05, 4.69) is 42.0 Å². The first-order valence-corrected chi connectivity index (χ1v) is 6.67. The Morgan fingerprint density at radius 3 is 2.47 bits per heavy atom. The number of aryl methyl sites for hydroxylation is 2. The van der Waals surface area contributed by atoms with Crippen LogP contribution in [0.15, 0.2) is 24.3 Å². The topological polar surface area (TPSA) is 51.8 Å². The maximum Gasteiger partial charge on any atom is 0.150 e. The average molecular weight is 255 g/mol. The van der Waals surface area contributed by atoms with Gasteiger partial charge in [0.2, 0.25) is 0 Å². The molecule has 1 aromatic heterocycles. The molecule has 2 rings (SSSR count). The molecule has 2 N–H and O–H groups in total. The zero-order valence-electron chi connectivity index (χ0n) is 12.1. The molecule has 0 saturated carbocycles. The smallest absolute Gasteiger partial charge is 0.150 e. The van der Waals surface area contributed by atoms with Gasteiger partial charge >= 0.3 is 0 Å². The highest BCUT2D eigenvalue weighted by molar-refractivity contribution is 5.70. The number of nitrogens with zero attached hydrogens (tertiary/aromatic N) is 2. The quantitative estimate of drug-likeness (QED) is 0.912. The lowest BCUT2D eigenvalue weighted by Crippen LogP contribution is -2.02. The molecule has 0 saturated heterocycles. The number of rotatable bonds is 3. The first-order chi connectivity index (χ1) is 8.97. The number of anilines is 1. The second-order valence-electron chi connectivity index (χ2n) is 5.43. The first kappa shape index (κ1) is 13.5. The first-order valence-electron chi connectivity index (χ1n) is 6.67. The third-order valence-electron chi connectivity index (χ3n) is 3.18. The van der Waals surface area contributed by atoms with Crippen LogP contribution in [0.4, 0.5) is 5.82 Å². The molecule has 0 atom stereocenters. The van der Waals surface area contributed by atoms with Crippen LogP contribution in [-0.4, -0.2) is 9.97 Å². The Kier molecular flexibility index (Phi) is 3.84. The van der Waals surface area contributed by atoms with Crippen LogP contribution < -0.4 is 5.73 Å². The summed E-state index contributed by atoms with van der Waals surface area (Å²) < 4.78 is 0. The van der Waals surface area contributed by atoms with Crippen LogP contribution in [0.5, 0.6) is 0 Å². The molecule has 1 heterocycles. The molecular weight excluding hydrogens is 234 g/mol. The Morgan fingerprint density at radius 1 is 1.11 bits per heavy atom. The molecule has 0 fully saturated rings. The summed E-state index contributed by atoms with van der Waals surface area (Å²) in [7, 11) is 0. The molecule has 0 spiro atoms. The molecule has 0 aliphatic heterocycles. The summed E-state index contributed by atoms with van der Waals surface area (Å²) in [6, 6.07) is 8.41. The molecule has 0 radical (unpaired) electrons. The van der Waals surface area contributed by atoms with Crippen molar-refractivity contribution in [2.45, 2.75) is 34.1 Å². The third kappa shape index (κ3) is 3.11. The average Bonchev–Trinajstić information content (AvgIpc) is 2.33. The van der Waals surface area contributed by atoms with Crippen molar-refractivity contribution in [3.8, 4) is 11.3 Å². The van der Waals surface area contributed by atoms with E-state index in [0.717, 1.165) is 29.1 Å². The molecule has 2 aromatic rings. The van der Waals surface area contributed by atoms with Crippen LogP contribution >= 0.6 is 0 Å². The maximum atomic E-state index is 6.00. The third-order valence-corrected chi connectivity index (χ3v) is 3.18. The van der Waals surface area contributed by atoms with E-state index < -0.39 is 0 Å². The molecule has 0 unspecified atom stereocenters. The van der Waals surface area contributed by atoms with E-state index in [1.165, 1.54) is 5.56 Å². The van der Waals surface area contributed by atoms with E-state index in [0.29, 0.717) is 11.7 Å². The number of hydrogen-bond acceptors (Lipinski definition) is 3. The standard InChI is InChI=1S/C16H21N3/c1-10(2)8-13-6-5-7-14(9-13)15-16(17)19-12(4)11(3)18-15/h5-7,9-10H,8H2,1-4H3,(H2,17,19). The van der Waals surface area contributed by atoms with Crippen LogP contribution in [0, 0.1) is 19.8 Å². The Labute approximate surface area is 114 Å². The number of hydrogen-bond donors (Lipinski definition) is 1. The number of nitrogens with two attached hydrogens (primary N) is 1. The summed E-state index contributed by atoms with van der Waals surface area (Å²) >= 11 is 0. The van der Waals surface area contributed by atoms with E-state index in [1.54, 1.807) is 0 Å². The molecule has 100 valence electrons. The van der Waals surface area contributed by atoms with E-state index >= 15 is 0 Å². The van der Waals surface area contributed by atoms with Crippen LogP contribution in [-0.2, 0) is 6.42 Å². The molecule has 0 amide bonds. The van der Waals surface area contributed by atoms with Gasteiger partial charge in [-0.2, -0.15) is 0 Å². The second-order valence-corrected chi connectivity index (χ2v) is 5.43. The molecule has 0 aliphatic carbocycles. The zero-order valence-corrected chi connectivity index (χ0v) is 12.1. The summed E-state index contributed by atoms with van der Waals surface area (Å²) in [5, 5.41) is 0. The van der Waals surface area contributed by atoms with E-state index in [9.17, 15) is 0 Å². The number of aromatic nitrogens is 2. The van der Waals surface area contributed by atoms with Crippen molar-refractivity contribution in [1.82, 2.24) is 9.97 Å². The Balaban J connectivity index is 2.44. The van der Waals surface area contributed by atoms with Gasteiger partial charge in [-0.15, -0.1) is 0 Å². The Bertz CT molecular complexity index is 589. The van der Waals surface area contributed by atoms with Crippen molar-refractivity contribution in [2.24, 2.45) is 5.92 Å². The fraction of sp³-hybridized carbons (Fsp3) is 0.375. The molecule has 3 nitrogen and oxygen atoms in total. The summed E-state index contributed by atoms with van der Waals surface area (Å²) in [6.45, 7) is 8.33. The molecule has 1 aromatic carbocycles. The lowest BCUT2D eigenvalue weighted by Gasteiger charge is -2.10. The minimum absolute atomic E-state index is 0.504. The SMILES string of the molecule is Cc1nc(N)c(-c2cccc(CC(C)C)c2)nc1C. The highest BCUT2D eigenvalue weighted by atomic mass is 14.9. The summed E-state index contributed by atoms with van der Waals surface area (Å²) in [6.07, 6.45) is 1.06. The van der Waals surface area contributed by atoms with E-state index in [-0.39, 0.29) is 0 Å². The minimum atomic E-state index is 0.504. The van der Waals surface area contributed by atoms with Crippen LogP contribution in [0.3, 0.4) is 0 Å². The van der Waals surface area contributed by atoms with Gasteiger partial charge in [-0.1, -0.05) is 32.0 Å². The minimum Gasteiger partial charge on any atom is -0.382 e. The van der Waals surface area contributed by atoms with Crippen molar-refractivity contribution < 1.29 is 0 Å². The van der Waals surface area contributed by atoms with Crippen molar-refractivity contribution in [3.63, 3.8) is 0 Å². The van der Waals surface area contributed by atoms with Crippen molar-refractivity contribution in [2.75, 3.05) is 5.73 Å². The second kappa shape index (κ2) is 5.39. The molecule has 3 heteroatoms. The van der Waals surface area contributed by atoms with Crippen LogP contribution in [0.1, 0.15) is 30.8 Å². The van der Waals surface area contributed by atoms with Crippen LogP contribution in [0.2, 0.25) is 0 Å². The van der Waals surface area contributed by atoms with Crippen molar-refractivity contribution in [3.05, 3.63) is 41.2 Å². The summed E-state index contributed by atoms with van der Waals surface area (Å²) in [4.78, 5) is 8.93. The summed E-state index contributed by atoms with van der Waals surface area (Å²) in [5.41, 5.74) is 11.0. The van der Waals surface area contributed by atoms with Crippen molar-refractivity contribution in [1.29, 1.82) is 0 Å². The van der Waals surface area contributed by atoms with Gasteiger partial charge in [-0.25, -0.2) is 9.97 Å². The monoisotopic (exact) mass is 255 g/mol. The van der Waals surface area contributed by atoms with Gasteiger partial charge in [0.05, 0.1) is 11.4 Å². The van der Waals surface area contributed by atoms with E-state index in [1.807, 2.05) is 19.9 Å². The fourth-order valence-corrected chi connectivity index (χ4v) is 2.15. The largest absolute Gasteiger partial charge is 0.382 e. The normalized spacial score (nSPS) is 11.0. The highest BCUT2D eigenvalue weighted by Crippen LogP contribution is 2.25. The fourth-order valence-electron chi connectivity index (χ4n) is 2.15. The van der Waals surface area contributed by atoms with Gasteiger partial charge in [0.1, 0.15) is 11.5 Å². The van der Waals surface area contributed by atoms with Gasteiger partial charge in [0.25, 0.3) is 0 Å².